The van der Waals surface area contributed by atoms with Crippen LogP contribution in [0.2, 0.25) is 0 Å². The molecular formula is C23H34O5. The third-order valence-electron chi connectivity index (χ3n) is 9.48. The Morgan fingerprint density at radius 1 is 1.04 bits per heavy atom. The van der Waals surface area contributed by atoms with E-state index < -0.39 is 17.3 Å². The second kappa shape index (κ2) is 5.29. The van der Waals surface area contributed by atoms with E-state index in [2.05, 4.69) is 27.4 Å². The minimum atomic E-state index is -0.811. The largest absolute Gasteiger partial charge is 0.393 e. The van der Waals surface area contributed by atoms with Gasteiger partial charge in [0.1, 0.15) is 0 Å². The van der Waals surface area contributed by atoms with Gasteiger partial charge in [-0.1, -0.05) is 27.4 Å². The van der Waals surface area contributed by atoms with Gasteiger partial charge in [-0.25, -0.2) is 0 Å². The topological polar surface area (TPSA) is 76.0 Å². The highest BCUT2D eigenvalue weighted by atomic mass is 16.7. The van der Waals surface area contributed by atoms with Gasteiger partial charge in [0.15, 0.2) is 11.6 Å². The van der Waals surface area contributed by atoms with Crippen LogP contribution >= 0.6 is 0 Å². The first-order valence-corrected chi connectivity index (χ1v) is 10.8. The maximum atomic E-state index is 13.7. The first-order chi connectivity index (χ1) is 12.9. The van der Waals surface area contributed by atoms with Gasteiger partial charge in [-0.2, -0.15) is 0 Å². The Balaban J connectivity index is 1.73. The second-order valence-corrected chi connectivity index (χ2v) is 11.4. The van der Waals surface area contributed by atoms with Gasteiger partial charge in [-0.15, -0.1) is 0 Å². The lowest BCUT2D eigenvalue weighted by Gasteiger charge is -2.69. The third kappa shape index (κ3) is 1.95. The third-order valence-corrected chi connectivity index (χ3v) is 9.48. The summed E-state index contributed by atoms with van der Waals surface area (Å²) >= 11 is 0. The van der Waals surface area contributed by atoms with Gasteiger partial charge in [-0.3, -0.25) is 4.79 Å². The Morgan fingerprint density at radius 3 is 2.39 bits per heavy atom. The molecule has 5 rings (SSSR count). The predicted octanol–water partition coefficient (Wildman–Crippen LogP) is 2.84. The normalized spacial score (nSPS) is 56.2. The van der Waals surface area contributed by atoms with Crippen LogP contribution in [0.4, 0.5) is 0 Å². The summed E-state index contributed by atoms with van der Waals surface area (Å²) in [6, 6.07) is 0. The van der Waals surface area contributed by atoms with Crippen molar-refractivity contribution in [1.29, 1.82) is 0 Å². The number of rotatable bonds is 0. The van der Waals surface area contributed by atoms with Crippen molar-refractivity contribution in [3.8, 4) is 0 Å². The molecule has 156 valence electrons. The Labute approximate surface area is 167 Å². The van der Waals surface area contributed by atoms with E-state index in [-0.39, 0.29) is 52.7 Å². The van der Waals surface area contributed by atoms with Crippen LogP contribution in [0.3, 0.4) is 0 Å². The van der Waals surface area contributed by atoms with Crippen molar-refractivity contribution in [3.05, 3.63) is 12.2 Å². The van der Waals surface area contributed by atoms with Crippen LogP contribution in [-0.2, 0) is 14.3 Å². The van der Waals surface area contributed by atoms with Gasteiger partial charge < -0.3 is 19.7 Å². The summed E-state index contributed by atoms with van der Waals surface area (Å²) in [5.74, 6) is -0.918. The molecule has 5 aliphatic rings. The van der Waals surface area contributed by atoms with Crippen molar-refractivity contribution in [1.82, 2.24) is 0 Å². The molecule has 0 unspecified atom stereocenters. The number of hydrogen-bond acceptors (Lipinski definition) is 5. The molecule has 0 aromatic heterocycles. The highest BCUT2D eigenvalue weighted by Crippen LogP contribution is 2.73. The fraction of sp³-hybridized carbons (Fsp3) is 0.870. The zero-order chi connectivity index (χ0) is 20.4. The number of carbonyl (C=O) groups excluding carboxylic acids is 1. The average molecular weight is 391 g/mol. The van der Waals surface area contributed by atoms with E-state index in [9.17, 15) is 15.0 Å². The van der Waals surface area contributed by atoms with E-state index in [0.717, 1.165) is 19.3 Å². The monoisotopic (exact) mass is 390 g/mol. The summed E-state index contributed by atoms with van der Waals surface area (Å²) in [6.07, 6.45) is 1.27. The van der Waals surface area contributed by atoms with Crippen LogP contribution in [0.25, 0.3) is 0 Å². The summed E-state index contributed by atoms with van der Waals surface area (Å²) < 4.78 is 12.9. The maximum absolute atomic E-state index is 13.7. The van der Waals surface area contributed by atoms with E-state index in [1.165, 1.54) is 0 Å². The molecule has 0 aromatic rings. The number of carbonyl (C=O) groups is 1. The lowest BCUT2D eigenvalue weighted by atomic mass is 9.39. The molecule has 28 heavy (non-hydrogen) atoms. The van der Waals surface area contributed by atoms with Crippen LogP contribution in [0, 0.1) is 34.0 Å². The van der Waals surface area contributed by atoms with Crippen LogP contribution < -0.4 is 0 Å². The molecule has 0 amide bonds. The van der Waals surface area contributed by atoms with Crippen molar-refractivity contribution < 1.29 is 24.5 Å². The van der Waals surface area contributed by atoms with Crippen molar-refractivity contribution >= 4 is 5.78 Å². The molecule has 0 aromatic carbocycles. The zero-order valence-electron chi connectivity index (χ0n) is 17.7. The number of hydrogen-bond donors (Lipinski definition) is 2. The van der Waals surface area contributed by atoms with Crippen molar-refractivity contribution in [2.75, 3.05) is 0 Å². The number of aliphatic hydroxyl groups excluding tert-OH is 2. The Morgan fingerprint density at radius 2 is 1.71 bits per heavy atom. The van der Waals surface area contributed by atoms with E-state index in [4.69, 9.17) is 9.47 Å². The van der Waals surface area contributed by atoms with Gasteiger partial charge in [0.2, 0.25) is 0 Å². The molecule has 5 nitrogen and oxygen atoms in total. The molecule has 1 saturated heterocycles. The van der Waals surface area contributed by atoms with Gasteiger partial charge in [0.05, 0.1) is 29.8 Å². The van der Waals surface area contributed by atoms with E-state index in [1.54, 1.807) is 0 Å². The minimum absolute atomic E-state index is 0.0328. The average Bonchev–Trinajstić information content (AvgIpc) is 2.74. The highest BCUT2D eigenvalue weighted by Gasteiger charge is 2.78. The second-order valence-electron chi connectivity index (χ2n) is 11.4. The van der Waals surface area contributed by atoms with Gasteiger partial charge in [-0.05, 0) is 67.8 Å². The van der Waals surface area contributed by atoms with E-state index >= 15 is 0 Å². The molecule has 4 aliphatic carbocycles. The van der Waals surface area contributed by atoms with Gasteiger partial charge in [0, 0.05) is 5.92 Å². The molecule has 5 fully saturated rings. The number of ketones is 1. The first kappa shape index (κ1) is 19.2. The Hall–Kier alpha value is -0.750. The molecule has 2 bridgehead atoms. The molecule has 9 atom stereocenters. The number of aliphatic hydroxyl groups is 2. The standard InChI is InChI=1S/C23H34O5/c1-11-17-12(24)9-14-22(6)8-7-15(25)20(2,3)13(22)10-16-23(14,18(11)26)19(17)28-21(4,5)27-16/h12-17,19,24-25H,1,7-10H2,2-6H3/t12-,13+,14-,15-,16+,17+,19+,22+,23-/m0/s1. The molecule has 5 heteroatoms. The summed E-state index contributed by atoms with van der Waals surface area (Å²) in [6.45, 7) is 14.5. The van der Waals surface area contributed by atoms with E-state index in [1.807, 2.05) is 13.8 Å². The Kier molecular flexibility index (Phi) is 3.63. The van der Waals surface area contributed by atoms with Crippen LogP contribution in [0.15, 0.2) is 12.2 Å². The SMILES string of the molecule is C=C1C(=O)[C@@]23[C@@H]4OC(C)(C)O[C@@H]2C[C@@H]2C(C)(C)[C@@H](O)CC[C@@]2(C)[C@@H]3C[C@H](O)[C@@H]14. The lowest BCUT2D eigenvalue weighted by Crippen LogP contribution is -2.73. The quantitative estimate of drug-likeness (QED) is 0.622. The predicted molar refractivity (Wildman–Crippen MR) is 103 cm³/mol. The molecule has 1 aliphatic heterocycles. The van der Waals surface area contributed by atoms with Crippen LogP contribution in [-0.4, -0.2) is 46.2 Å². The smallest absolute Gasteiger partial charge is 0.170 e. The zero-order valence-corrected chi connectivity index (χ0v) is 17.7. The van der Waals surface area contributed by atoms with Crippen LogP contribution in [0.5, 0.6) is 0 Å². The maximum Gasteiger partial charge on any atom is 0.170 e. The van der Waals surface area contributed by atoms with Crippen molar-refractivity contribution in [3.63, 3.8) is 0 Å². The molecular weight excluding hydrogens is 356 g/mol. The molecule has 0 radical (unpaired) electrons. The number of fused-ring (bicyclic) bond motifs is 2. The van der Waals surface area contributed by atoms with Gasteiger partial charge in [0.25, 0.3) is 0 Å². The molecule has 2 N–H and O–H groups in total. The van der Waals surface area contributed by atoms with Crippen molar-refractivity contribution in [2.24, 2.45) is 34.0 Å². The van der Waals surface area contributed by atoms with Gasteiger partial charge >= 0.3 is 0 Å². The summed E-state index contributed by atoms with van der Waals surface area (Å²) in [5, 5.41) is 21.9. The van der Waals surface area contributed by atoms with Crippen molar-refractivity contribution in [2.45, 2.75) is 90.5 Å². The number of Topliss-reactive ketones (excluding diaryl/α,β-unsaturated/α-hetero) is 1. The molecule has 1 spiro atoms. The molecule has 4 saturated carbocycles. The summed E-state index contributed by atoms with van der Waals surface area (Å²) in [4.78, 5) is 13.7. The highest BCUT2D eigenvalue weighted by molar-refractivity contribution is 6.05. The molecule has 1 heterocycles. The minimum Gasteiger partial charge on any atom is -0.393 e. The van der Waals surface area contributed by atoms with Crippen LogP contribution in [0.1, 0.15) is 60.3 Å². The number of ether oxygens (including phenoxy) is 2. The fourth-order valence-corrected chi connectivity index (χ4v) is 8.25. The summed E-state index contributed by atoms with van der Waals surface area (Å²) in [7, 11) is 0. The lowest BCUT2D eigenvalue weighted by molar-refractivity contribution is -0.387. The Bertz CT molecular complexity index is 756. The van der Waals surface area contributed by atoms with E-state index in [0.29, 0.717) is 12.0 Å². The first-order valence-electron chi connectivity index (χ1n) is 10.8. The fourth-order valence-electron chi connectivity index (χ4n) is 8.25. The summed E-state index contributed by atoms with van der Waals surface area (Å²) in [5.41, 5.74) is -0.655.